The van der Waals surface area contributed by atoms with E-state index in [1.807, 2.05) is 24.3 Å². The van der Waals surface area contributed by atoms with E-state index in [4.69, 9.17) is 11.6 Å². The number of nitrogens with one attached hydrogen (secondary N) is 1. The summed E-state index contributed by atoms with van der Waals surface area (Å²) in [5.41, 5.74) is 1.85. The van der Waals surface area contributed by atoms with Crippen LogP contribution in [-0.2, 0) is 6.42 Å². The predicted octanol–water partition coefficient (Wildman–Crippen LogP) is 4.94. The molecule has 5 heteroatoms. The number of aromatic nitrogens is 2. The largest absolute Gasteiger partial charge is 0.370 e. The highest BCUT2D eigenvalue weighted by atomic mass is 79.9. The lowest BCUT2D eigenvalue weighted by atomic mass is 10.2. The van der Waals surface area contributed by atoms with Crippen LogP contribution in [0.3, 0.4) is 0 Å². The number of aryl methyl sites for hydroxylation is 1. The fourth-order valence-corrected chi connectivity index (χ4v) is 2.37. The fourth-order valence-electron chi connectivity index (χ4n) is 1.81. The first-order chi connectivity index (χ1) is 9.63. The minimum absolute atomic E-state index is 0.655. The Bertz CT molecular complexity index is 602. The first-order valence-corrected chi connectivity index (χ1v) is 7.88. The van der Waals surface area contributed by atoms with Crippen LogP contribution >= 0.6 is 27.5 Å². The van der Waals surface area contributed by atoms with Gasteiger partial charge in [0, 0.05) is 28.3 Å². The third kappa shape index (κ3) is 3.70. The van der Waals surface area contributed by atoms with Crippen LogP contribution in [0.15, 0.2) is 28.7 Å². The second-order valence-electron chi connectivity index (χ2n) is 4.47. The van der Waals surface area contributed by atoms with Crippen LogP contribution in [0.25, 0.3) is 11.4 Å². The predicted molar refractivity (Wildman–Crippen MR) is 88.3 cm³/mol. The molecule has 0 saturated carbocycles. The van der Waals surface area contributed by atoms with Crippen molar-refractivity contribution in [3.63, 3.8) is 0 Å². The van der Waals surface area contributed by atoms with Gasteiger partial charge in [0.25, 0.3) is 0 Å². The molecule has 20 heavy (non-hydrogen) atoms. The average Bonchev–Trinajstić information content (AvgIpc) is 2.47. The molecule has 0 amide bonds. The zero-order valence-corrected chi connectivity index (χ0v) is 13.9. The molecule has 1 aromatic heterocycles. The van der Waals surface area contributed by atoms with Crippen molar-refractivity contribution in [1.29, 1.82) is 0 Å². The summed E-state index contributed by atoms with van der Waals surface area (Å²) >= 11 is 9.72. The van der Waals surface area contributed by atoms with Gasteiger partial charge in [-0.05, 0) is 31.0 Å². The zero-order chi connectivity index (χ0) is 14.5. The molecule has 0 spiro atoms. The SMILES string of the molecule is CCCNc1cc(CC)nc(-c2cc(Br)ccc2Cl)n1. The van der Waals surface area contributed by atoms with Gasteiger partial charge in [-0.1, -0.05) is 41.4 Å². The molecule has 0 aliphatic carbocycles. The standard InChI is InChI=1S/C15H17BrClN3/c1-3-7-18-14-9-11(4-2)19-15(20-14)12-8-10(16)5-6-13(12)17/h5-6,8-9H,3-4,7H2,1-2H3,(H,18,19,20). The summed E-state index contributed by atoms with van der Waals surface area (Å²) in [7, 11) is 0. The monoisotopic (exact) mass is 353 g/mol. The third-order valence-electron chi connectivity index (χ3n) is 2.87. The Morgan fingerprint density at radius 1 is 1.20 bits per heavy atom. The number of nitrogens with zero attached hydrogens (tertiary/aromatic N) is 2. The summed E-state index contributed by atoms with van der Waals surface area (Å²) in [6, 6.07) is 7.69. The van der Waals surface area contributed by atoms with Crippen molar-refractivity contribution in [3.05, 3.63) is 39.5 Å². The van der Waals surface area contributed by atoms with E-state index in [2.05, 4.69) is 45.1 Å². The molecule has 0 fully saturated rings. The topological polar surface area (TPSA) is 37.8 Å². The van der Waals surface area contributed by atoms with Gasteiger partial charge in [-0.25, -0.2) is 9.97 Å². The second kappa shape index (κ2) is 7.04. The van der Waals surface area contributed by atoms with Crippen LogP contribution in [0.1, 0.15) is 26.0 Å². The van der Waals surface area contributed by atoms with Gasteiger partial charge >= 0.3 is 0 Å². The lowest BCUT2D eigenvalue weighted by Gasteiger charge is -2.10. The lowest BCUT2D eigenvalue weighted by molar-refractivity contribution is 0.951. The Hall–Kier alpha value is -1.13. The Morgan fingerprint density at radius 2 is 2.00 bits per heavy atom. The van der Waals surface area contributed by atoms with Crippen molar-refractivity contribution >= 4 is 33.3 Å². The molecular formula is C15H17BrClN3. The van der Waals surface area contributed by atoms with Gasteiger partial charge in [-0.3, -0.25) is 0 Å². The number of halogens is 2. The third-order valence-corrected chi connectivity index (χ3v) is 3.69. The van der Waals surface area contributed by atoms with E-state index in [0.717, 1.165) is 40.9 Å². The Kier molecular flexibility index (Phi) is 5.38. The highest BCUT2D eigenvalue weighted by molar-refractivity contribution is 9.10. The highest BCUT2D eigenvalue weighted by Gasteiger charge is 2.10. The fraction of sp³-hybridized carbons (Fsp3) is 0.333. The Labute approximate surface area is 132 Å². The van der Waals surface area contributed by atoms with Crippen LogP contribution < -0.4 is 5.32 Å². The lowest BCUT2D eigenvalue weighted by Crippen LogP contribution is -2.05. The molecule has 1 heterocycles. The number of benzene rings is 1. The zero-order valence-electron chi connectivity index (χ0n) is 11.6. The van der Waals surface area contributed by atoms with E-state index in [1.165, 1.54) is 0 Å². The van der Waals surface area contributed by atoms with Crippen molar-refractivity contribution in [1.82, 2.24) is 9.97 Å². The van der Waals surface area contributed by atoms with Crippen LogP contribution in [0, 0.1) is 0 Å². The van der Waals surface area contributed by atoms with Crippen LogP contribution in [-0.4, -0.2) is 16.5 Å². The van der Waals surface area contributed by atoms with Gasteiger partial charge in [0.05, 0.1) is 5.02 Å². The molecule has 106 valence electrons. The van der Waals surface area contributed by atoms with E-state index in [-0.39, 0.29) is 0 Å². The van der Waals surface area contributed by atoms with Crippen molar-refractivity contribution in [2.24, 2.45) is 0 Å². The van der Waals surface area contributed by atoms with Gasteiger partial charge < -0.3 is 5.32 Å². The number of rotatable bonds is 5. The molecular weight excluding hydrogens is 338 g/mol. The number of hydrogen-bond acceptors (Lipinski definition) is 3. The normalized spacial score (nSPS) is 10.6. The second-order valence-corrected chi connectivity index (χ2v) is 5.80. The van der Waals surface area contributed by atoms with Crippen molar-refractivity contribution in [3.8, 4) is 11.4 Å². The van der Waals surface area contributed by atoms with E-state index >= 15 is 0 Å². The summed E-state index contributed by atoms with van der Waals surface area (Å²) in [4.78, 5) is 9.14. The molecule has 0 aliphatic rings. The quantitative estimate of drug-likeness (QED) is 0.826. The molecule has 0 bridgehead atoms. The number of hydrogen-bond donors (Lipinski definition) is 1. The molecule has 0 atom stereocenters. The Morgan fingerprint density at radius 3 is 2.70 bits per heavy atom. The molecule has 1 aromatic carbocycles. The first kappa shape index (κ1) is 15.3. The average molecular weight is 355 g/mol. The molecule has 2 aromatic rings. The maximum atomic E-state index is 6.26. The molecule has 0 radical (unpaired) electrons. The highest BCUT2D eigenvalue weighted by Crippen LogP contribution is 2.29. The van der Waals surface area contributed by atoms with Gasteiger partial charge in [-0.15, -0.1) is 0 Å². The molecule has 0 aliphatic heterocycles. The summed E-state index contributed by atoms with van der Waals surface area (Å²) in [5.74, 6) is 1.51. The summed E-state index contributed by atoms with van der Waals surface area (Å²) in [6.07, 6.45) is 1.92. The van der Waals surface area contributed by atoms with Gasteiger partial charge in [0.15, 0.2) is 5.82 Å². The number of anilines is 1. The molecule has 2 rings (SSSR count). The van der Waals surface area contributed by atoms with Crippen LogP contribution in [0.2, 0.25) is 5.02 Å². The summed E-state index contributed by atoms with van der Waals surface area (Å²) in [6.45, 7) is 5.10. The molecule has 0 saturated heterocycles. The van der Waals surface area contributed by atoms with Gasteiger partial charge in [0.2, 0.25) is 0 Å². The van der Waals surface area contributed by atoms with E-state index in [9.17, 15) is 0 Å². The van der Waals surface area contributed by atoms with Crippen molar-refractivity contribution in [2.45, 2.75) is 26.7 Å². The van der Waals surface area contributed by atoms with E-state index in [1.54, 1.807) is 0 Å². The smallest absolute Gasteiger partial charge is 0.163 e. The maximum Gasteiger partial charge on any atom is 0.163 e. The van der Waals surface area contributed by atoms with Gasteiger partial charge in [0.1, 0.15) is 5.82 Å². The summed E-state index contributed by atoms with van der Waals surface area (Å²) in [5, 5.41) is 3.96. The Balaban J connectivity index is 2.46. The van der Waals surface area contributed by atoms with Crippen molar-refractivity contribution in [2.75, 3.05) is 11.9 Å². The van der Waals surface area contributed by atoms with Crippen molar-refractivity contribution < 1.29 is 0 Å². The summed E-state index contributed by atoms with van der Waals surface area (Å²) < 4.78 is 0.963. The minimum Gasteiger partial charge on any atom is -0.370 e. The van der Waals surface area contributed by atoms with Gasteiger partial charge in [-0.2, -0.15) is 0 Å². The minimum atomic E-state index is 0.655. The van der Waals surface area contributed by atoms with Crippen LogP contribution in [0.5, 0.6) is 0 Å². The molecule has 1 N–H and O–H groups in total. The molecule has 0 unspecified atom stereocenters. The molecule has 3 nitrogen and oxygen atoms in total. The van der Waals surface area contributed by atoms with Crippen LogP contribution in [0.4, 0.5) is 5.82 Å². The maximum absolute atomic E-state index is 6.26. The van der Waals surface area contributed by atoms with E-state index < -0.39 is 0 Å². The first-order valence-electron chi connectivity index (χ1n) is 6.71. The van der Waals surface area contributed by atoms with E-state index in [0.29, 0.717) is 10.8 Å².